The van der Waals surface area contributed by atoms with Gasteiger partial charge < -0.3 is 24.3 Å². The second-order valence-electron chi connectivity index (χ2n) is 6.22. The number of carbonyl (C=O) groups excluding carboxylic acids is 1. The van der Waals surface area contributed by atoms with Crippen molar-refractivity contribution >= 4 is 28.4 Å². The van der Waals surface area contributed by atoms with E-state index in [4.69, 9.17) is 14.6 Å². The summed E-state index contributed by atoms with van der Waals surface area (Å²) in [6.07, 6.45) is 2.23. The molecular formula is C21H18FNO6. The number of carboxylic acid groups (broad SMARTS) is 1. The Kier molecular flexibility index (Phi) is 5.54. The number of carbonyl (C=O) groups is 2. The van der Waals surface area contributed by atoms with Gasteiger partial charge in [-0.2, -0.15) is 0 Å². The molecule has 0 unspecified atom stereocenters. The van der Waals surface area contributed by atoms with Gasteiger partial charge >= 0.3 is 5.97 Å². The monoisotopic (exact) mass is 399 g/mol. The Morgan fingerprint density at radius 2 is 1.69 bits per heavy atom. The summed E-state index contributed by atoms with van der Waals surface area (Å²) in [6, 6.07) is 9.27. The van der Waals surface area contributed by atoms with Crippen LogP contribution in [0.15, 0.2) is 48.7 Å². The van der Waals surface area contributed by atoms with Crippen LogP contribution >= 0.6 is 0 Å². The first-order chi connectivity index (χ1) is 13.8. The highest BCUT2D eigenvalue weighted by Crippen LogP contribution is 2.36. The number of methoxy groups -OCH3 is 2. The molecule has 0 spiro atoms. The second-order valence-corrected chi connectivity index (χ2v) is 6.22. The lowest BCUT2D eigenvalue weighted by Crippen LogP contribution is -2.09. The lowest BCUT2D eigenvalue weighted by molar-refractivity contribution is -0.146. The number of aliphatic carboxylic acids is 1. The van der Waals surface area contributed by atoms with Gasteiger partial charge in [-0.25, -0.2) is 9.18 Å². The largest absolute Gasteiger partial charge is 0.507 e. The summed E-state index contributed by atoms with van der Waals surface area (Å²) in [5.74, 6) is -2.92. The first-order valence-corrected chi connectivity index (χ1v) is 8.51. The van der Waals surface area contributed by atoms with Crippen LogP contribution in [0.4, 0.5) is 4.39 Å². The molecule has 0 saturated heterocycles. The van der Waals surface area contributed by atoms with Gasteiger partial charge in [0.05, 0.1) is 19.7 Å². The Morgan fingerprint density at radius 1 is 1.07 bits per heavy atom. The molecule has 2 aromatic carbocycles. The van der Waals surface area contributed by atoms with Crippen molar-refractivity contribution in [2.45, 2.75) is 6.54 Å². The minimum Gasteiger partial charge on any atom is -0.507 e. The molecule has 3 rings (SSSR count). The van der Waals surface area contributed by atoms with Gasteiger partial charge in [0.2, 0.25) is 0 Å². The number of halogens is 1. The quantitative estimate of drug-likeness (QED) is 0.359. The molecule has 0 aliphatic rings. The summed E-state index contributed by atoms with van der Waals surface area (Å²) >= 11 is 0. The van der Waals surface area contributed by atoms with Crippen LogP contribution < -0.4 is 9.47 Å². The maximum atomic E-state index is 13.2. The van der Waals surface area contributed by atoms with Crippen molar-refractivity contribution in [1.82, 2.24) is 4.57 Å². The van der Waals surface area contributed by atoms with Crippen molar-refractivity contribution in [2.75, 3.05) is 14.2 Å². The van der Waals surface area contributed by atoms with Crippen LogP contribution in [0.2, 0.25) is 0 Å². The molecule has 0 saturated carbocycles. The van der Waals surface area contributed by atoms with E-state index in [-0.39, 0.29) is 11.4 Å². The van der Waals surface area contributed by atoms with E-state index >= 15 is 0 Å². The lowest BCUT2D eigenvalue weighted by atomic mass is 10.1. The van der Waals surface area contributed by atoms with E-state index in [1.54, 1.807) is 35.0 Å². The summed E-state index contributed by atoms with van der Waals surface area (Å²) in [7, 11) is 2.95. The molecule has 0 aliphatic carbocycles. The average molecular weight is 399 g/mol. The number of fused-ring (bicyclic) bond motifs is 1. The normalized spacial score (nSPS) is 11.5. The third-order valence-corrected chi connectivity index (χ3v) is 4.41. The molecule has 0 amide bonds. The highest BCUT2D eigenvalue weighted by molar-refractivity contribution is 6.38. The molecule has 0 fully saturated rings. The summed E-state index contributed by atoms with van der Waals surface area (Å²) in [5.41, 5.74) is 1.69. The van der Waals surface area contributed by atoms with E-state index in [0.29, 0.717) is 35.0 Å². The van der Waals surface area contributed by atoms with Crippen LogP contribution in [0.1, 0.15) is 11.1 Å². The molecule has 0 aliphatic heterocycles. The summed E-state index contributed by atoms with van der Waals surface area (Å²) in [6.45, 7) is 0.340. The second kappa shape index (κ2) is 8.05. The number of carboxylic acids is 1. The predicted octanol–water partition coefficient (Wildman–Crippen LogP) is 3.40. The molecule has 8 heteroatoms. The van der Waals surface area contributed by atoms with Gasteiger partial charge in [-0.05, 0) is 23.8 Å². The molecule has 1 heterocycles. The van der Waals surface area contributed by atoms with Gasteiger partial charge in [0.1, 0.15) is 11.6 Å². The molecule has 7 nitrogen and oxygen atoms in total. The van der Waals surface area contributed by atoms with E-state index in [9.17, 15) is 19.1 Å². The SMILES string of the molecule is COc1cc2c(C(O)=CC(=O)C(=O)O)cn(Cc3ccc(F)cc3)c2cc1OC. The lowest BCUT2D eigenvalue weighted by Gasteiger charge is -2.10. The van der Waals surface area contributed by atoms with Crippen LogP contribution in [-0.2, 0) is 16.1 Å². The van der Waals surface area contributed by atoms with Crippen LogP contribution in [0.5, 0.6) is 11.5 Å². The van der Waals surface area contributed by atoms with Gasteiger partial charge in [0, 0.05) is 35.8 Å². The molecular weight excluding hydrogens is 381 g/mol. The molecule has 3 aromatic rings. The third kappa shape index (κ3) is 4.06. The van der Waals surface area contributed by atoms with Crippen molar-refractivity contribution in [2.24, 2.45) is 0 Å². The Hall–Kier alpha value is -3.81. The molecule has 0 atom stereocenters. The average Bonchev–Trinajstić information content (AvgIpc) is 3.05. The minimum absolute atomic E-state index is 0.248. The number of aliphatic hydroxyl groups excluding tert-OH is 1. The van der Waals surface area contributed by atoms with Crippen molar-refractivity contribution in [1.29, 1.82) is 0 Å². The van der Waals surface area contributed by atoms with Gasteiger partial charge in [-0.15, -0.1) is 0 Å². The number of aromatic nitrogens is 1. The molecule has 29 heavy (non-hydrogen) atoms. The number of benzene rings is 2. The fourth-order valence-electron chi connectivity index (χ4n) is 3.00. The molecule has 0 radical (unpaired) electrons. The summed E-state index contributed by atoms with van der Waals surface area (Å²) in [5, 5.41) is 19.7. The van der Waals surface area contributed by atoms with Gasteiger partial charge in [0.15, 0.2) is 11.5 Å². The fraction of sp³-hybridized carbons (Fsp3) is 0.143. The minimum atomic E-state index is -1.68. The van der Waals surface area contributed by atoms with E-state index in [1.807, 2.05) is 0 Å². The van der Waals surface area contributed by atoms with Crippen molar-refractivity contribution in [3.05, 3.63) is 65.6 Å². The molecule has 0 bridgehead atoms. The number of rotatable bonds is 7. The van der Waals surface area contributed by atoms with Crippen LogP contribution in [0.25, 0.3) is 16.7 Å². The van der Waals surface area contributed by atoms with Crippen molar-refractivity contribution in [3.8, 4) is 11.5 Å². The van der Waals surface area contributed by atoms with Crippen LogP contribution in [0, 0.1) is 5.82 Å². The zero-order valence-electron chi connectivity index (χ0n) is 15.7. The molecule has 2 N–H and O–H groups in total. The highest BCUT2D eigenvalue weighted by atomic mass is 19.1. The van der Waals surface area contributed by atoms with Crippen molar-refractivity contribution < 1.29 is 33.7 Å². The number of aliphatic hydroxyl groups is 1. The van der Waals surface area contributed by atoms with Crippen molar-refractivity contribution in [3.63, 3.8) is 0 Å². The maximum Gasteiger partial charge on any atom is 0.376 e. The molecule has 150 valence electrons. The maximum absolute atomic E-state index is 13.2. The summed E-state index contributed by atoms with van der Waals surface area (Å²) in [4.78, 5) is 22.3. The number of nitrogens with zero attached hydrogens (tertiary/aromatic N) is 1. The molecule has 1 aromatic heterocycles. The van der Waals surface area contributed by atoms with Gasteiger partial charge in [0.25, 0.3) is 5.78 Å². The van der Waals surface area contributed by atoms with Gasteiger partial charge in [-0.3, -0.25) is 4.79 Å². The van der Waals surface area contributed by atoms with Crippen LogP contribution in [-0.4, -0.2) is 40.8 Å². The van der Waals surface area contributed by atoms with E-state index < -0.39 is 17.5 Å². The highest BCUT2D eigenvalue weighted by Gasteiger charge is 2.18. The first kappa shape index (κ1) is 19.9. The third-order valence-electron chi connectivity index (χ3n) is 4.41. The van der Waals surface area contributed by atoms with Gasteiger partial charge in [-0.1, -0.05) is 12.1 Å². The standard InChI is InChI=1S/C21H18FNO6/c1-28-19-7-14-15(17(24)9-18(25)21(26)27)11-23(16(14)8-20(19)29-2)10-12-3-5-13(22)6-4-12/h3-9,11,24H,10H2,1-2H3,(H,26,27). The van der Waals surface area contributed by atoms with E-state index in [1.165, 1.54) is 26.4 Å². The Balaban J connectivity index is 2.18. The van der Waals surface area contributed by atoms with E-state index in [2.05, 4.69) is 0 Å². The number of ether oxygens (including phenoxy) is 2. The fourth-order valence-corrected chi connectivity index (χ4v) is 3.00. The smallest absolute Gasteiger partial charge is 0.376 e. The first-order valence-electron chi connectivity index (χ1n) is 8.51. The van der Waals surface area contributed by atoms with E-state index in [0.717, 1.165) is 5.56 Å². The zero-order valence-corrected chi connectivity index (χ0v) is 15.7. The number of hydrogen-bond donors (Lipinski definition) is 2. The zero-order chi connectivity index (χ0) is 21.1. The number of hydrogen-bond acceptors (Lipinski definition) is 5. The summed E-state index contributed by atoms with van der Waals surface area (Å²) < 4.78 is 25.6. The Labute approximate surface area is 165 Å². The Morgan fingerprint density at radius 3 is 2.28 bits per heavy atom. The topological polar surface area (TPSA) is 98.0 Å². The number of ketones is 1. The Bertz CT molecular complexity index is 1110. The van der Waals surface area contributed by atoms with Crippen LogP contribution in [0.3, 0.4) is 0 Å². The predicted molar refractivity (Wildman–Crippen MR) is 104 cm³/mol.